The Morgan fingerprint density at radius 1 is 1.56 bits per heavy atom. The monoisotopic (exact) mass is 218 g/mol. The zero-order valence-electron chi connectivity index (χ0n) is 9.08. The van der Waals surface area contributed by atoms with Crippen molar-refractivity contribution < 1.29 is 4.79 Å². The number of carbonyl (C=O) groups is 1. The number of amides is 1. The maximum absolute atomic E-state index is 11.6. The molecule has 0 radical (unpaired) electrons. The first kappa shape index (κ1) is 10.5. The number of aromatic amines is 2. The molecule has 0 fully saturated rings. The summed E-state index contributed by atoms with van der Waals surface area (Å²) in [6, 6.07) is 5.35. The lowest BCUT2D eigenvalue weighted by Crippen LogP contribution is -2.12. The SMILES string of the molecule is CCCc1cc(NC(=O)c2ccc[nH]2)n[nH]1. The molecule has 0 spiro atoms. The molecule has 2 aromatic heterocycles. The van der Waals surface area contributed by atoms with Gasteiger partial charge < -0.3 is 10.3 Å². The summed E-state index contributed by atoms with van der Waals surface area (Å²) in [5.41, 5.74) is 1.56. The molecule has 0 saturated heterocycles. The van der Waals surface area contributed by atoms with Crippen LogP contribution in [0.15, 0.2) is 24.4 Å². The predicted molar refractivity (Wildman–Crippen MR) is 61.3 cm³/mol. The minimum absolute atomic E-state index is 0.181. The fourth-order valence-corrected chi connectivity index (χ4v) is 1.48. The Morgan fingerprint density at radius 2 is 2.44 bits per heavy atom. The number of aryl methyl sites for hydroxylation is 1. The molecule has 0 bridgehead atoms. The number of aromatic nitrogens is 3. The normalized spacial score (nSPS) is 10.3. The van der Waals surface area contributed by atoms with E-state index in [1.54, 1.807) is 18.3 Å². The van der Waals surface area contributed by atoms with Crippen LogP contribution in [-0.4, -0.2) is 21.1 Å². The van der Waals surface area contributed by atoms with Crippen molar-refractivity contribution >= 4 is 11.7 Å². The highest BCUT2D eigenvalue weighted by molar-refractivity contribution is 6.02. The minimum Gasteiger partial charge on any atom is -0.357 e. The van der Waals surface area contributed by atoms with Crippen molar-refractivity contribution in [3.05, 3.63) is 35.8 Å². The number of rotatable bonds is 4. The molecular weight excluding hydrogens is 204 g/mol. The third kappa shape index (κ3) is 2.31. The van der Waals surface area contributed by atoms with Gasteiger partial charge in [0.15, 0.2) is 5.82 Å². The molecule has 0 atom stereocenters. The third-order valence-electron chi connectivity index (χ3n) is 2.23. The lowest BCUT2D eigenvalue weighted by atomic mass is 10.2. The van der Waals surface area contributed by atoms with Crippen LogP contribution < -0.4 is 5.32 Å². The molecule has 84 valence electrons. The fraction of sp³-hybridized carbons (Fsp3) is 0.273. The Kier molecular flexibility index (Phi) is 3.05. The largest absolute Gasteiger partial charge is 0.357 e. The smallest absolute Gasteiger partial charge is 0.273 e. The summed E-state index contributed by atoms with van der Waals surface area (Å²) in [6.07, 6.45) is 3.69. The Bertz CT molecular complexity index is 458. The molecule has 2 heterocycles. The molecule has 5 heteroatoms. The number of hydrogen-bond donors (Lipinski definition) is 3. The van der Waals surface area contributed by atoms with Gasteiger partial charge in [0.05, 0.1) is 0 Å². The number of H-pyrrole nitrogens is 2. The van der Waals surface area contributed by atoms with E-state index in [1.807, 2.05) is 6.07 Å². The van der Waals surface area contributed by atoms with Gasteiger partial charge in [0.25, 0.3) is 5.91 Å². The molecule has 0 saturated carbocycles. The topological polar surface area (TPSA) is 73.6 Å². The zero-order chi connectivity index (χ0) is 11.4. The fourth-order valence-electron chi connectivity index (χ4n) is 1.48. The van der Waals surface area contributed by atoms with Crippen molar-refractivity contribution in [2.24, 2.45) is 0 Å². The summed E-state index contributed by atoms with van der Waals surface area (Å²) in [5, 5.41) is 9.61. The lowest BCUT2D eigenvalue weighted by Gasteiger charge is -1.97. The van der Waals surface area contributed by atoms with Crippen molar-refractivity contribution in [1.29, 1.82) is 0 Å². The molecule has 0 unspecified atom stereocenters. The number of carbonyl (C=O) groups excluding carboxylic acids is 1. The van der Waals surface area contributed by atoms with Crippen LogP contribution in [0.4, 0.5) is 5.82 Å². The predicted octanol–water partition coefficient (Wildman–Crippen LogP) is 1.94. The first-order valence-electron chi connectivity index (χ1n) is 5.28. The van der Waals surface area contributed by atoms with Crippen LogP contribution in [0.3, 0.4) is 0 Å². The molecule has 0 aromatic carbocycles. The van der Waals surface area contributed by atoms with Gasteiger partial charge in [-0.2, -0.15) is 5.10 Å². The Balaban J connectivity index is 2.01. The molecule has 16 heavy (non-hydrogen) atoms. The average Bonchev–Trinajstić information content (AvgIpc) is 2.89. The summed E-state index contributed by atoms with van der Waals surface area (Å²) in [4.78, 5) is 14.5. The summed E-state index contributed by atoms with van der Waals surface area (Å²) in [5.74, 6) is 0.377. The summed E-state index contributed by atoms with van der Waals surface area (Å²) < 4.78 is 0. The second kappa shape index (κ2) is 4.65. The van der Waals surface area contributed by atoms with Crippen LogP contribution in [0, 0.1) is 0 Å². The van der Waals surface area contributed by atoms with Crippen molar-refractivity contribution in [2.75, 3.05) is 5.32 Å². The quantitative estimate of drug-likeness (QED) is 0.733. The van der Waals surface area contributed by atoms with E-state index in [-0.39, 0.29) is 5.91 Å². The first-order chi connectivity index (χ1) is 7.79. The maximum atomic E-state index is 11.6. The standard InChI is InChI=1S/C11H14N4O/c1-2-4-8-7-10(15-14-8)13-11(16)9-5-3-6-12-9/h3,5-7,12H,2,4H2,1H3,(H2,13,14,15,16). The highest BCUT2D eigenvalue weighted by Gasteiger charge is 2.08. The van der Waals surface area contributed by atoms with E-state index in [1.165, 1.54) is 0 Å². The van der Waals surface area contributed by atoms with Crippen LogP contribution in [-0.2, 0) is 6.42 Å². The van der Waals surface area contributed by atoms with Crippen molar-refractivity contribution in [1.82, 2.24) is 15.2 Å². The zero-order valence-corrected chi connectivity index (χ0v) is 9.08. The van der Waals surface area contributed by atoms with Gasteiger partial charge in [0.1, 0.15) is 5.69 Å². The molecule has 2 rings (SSSR count). The van der Waals surface area contributed by atoms with E-state index in [4.69, 9.17) is 0 Å². The first-order valence-corrected chi connectivity index (χ1v) is 5.28. The molecule has 2 aromatic rings. The van der Waals surface area contributed by atoms with Crippen molar-refractivity contribution in [2.45, 2.75) is 19.8 Å². The second-order valence-corrected chi connectivity index (χ2v) is 3.57. The average molecular weight is 218 g/mol. The maximum Gasteiger partial charge on any atom is 0.273 e. The van der Waals surface area contributed by atoms with Gasteiger partial charge >= 0.3 is 0 Å². The minimum atomic E-state index is -0.181. The van der Waals surface area contributed by atoms with E-state index < -0.39 is 0 Å². The Morgan fingerprint density at radius 3 is 3.12 bits per heavy atom. The molecule has 3 N–H and O–H groups in total. The highest BCUT2D eigenvalue weighted by atomic mass is 16.1. The van der Waals surface area contributed by atoms with Crippen LogP contribution in [0.2, 0.25) is 0 Å². The van der Waals surface area contributed by atoms with Crippen LogP contribution in [0.25, 0.3) is 0 Å². The summed E-state index contributed by atoms with van der Waals surface area (Å²) in [7, 11) is 0. The van der Waals surface area contributed by atoms with Gasteiger partial charge in [-0.05, 0) is 18.6 Å². The Hall–Kier alpha value is -2.04. The number of nitrogens with one attached hydrogen (secondary N) is 3. The summed E-state index contributed by atoms with van der Waals surface area (Å²) >= 11 is 0. The molecule has 5 nitrogen and oxygen atoms in total. The van der Waals surface area contributed by atoms with Crippen LogP contribution >= 0.6 is 0 Å². The van der Waals surface area contributed by atoms with Gasteiger partial charge in [-0.1, -0.05) is 13.3 Å². The molecular formula is C11H14N4O. The number of nitrogens with zero attached hydrogens (tertiary/aromatic N) is 1. The van der Waals surface area contributed by atoms with Gasteiger partial charge in [-0.15, -0.1) is 0 Å². The molecule has 0 aliphatic carbocycles. The van der Waals surface area contributed by atoms with Gasteiger partial charge in [0, 0.05) is 18.0 Å². The number of hydrogen-bond acceptors (Lipinski definition) is 2. The highest BCUT2D eigenvalue weighted by Crippen LogP contribution is 2.08. The van der Waals surface area contributed by atoms with Crippen LogP contribution in [0.5, 0.6) is 0 Å². The summed E-state index contributed by atoms with van der Waals surface area (Å²) in [6.45, 7) is 2.10. The molecule has 1 amide bonds. The lowest BCUT2D eigenvalue weighted by molar-refractivity contribution is 0.102. The van der Waals surface area contributed by atoms with E-state index in [0.29, 0.717) is 11.5 Å². The van der Waals surface area contributed by atoms with Crippen molar-refractivity contribution in [3.8, 4) is 0 Å². The third-order valence-corrected chi connectivity index (χ3v) is 2.23. The van der Waals surface area contributed by atoms with Crippen molar-refractivity contribution in [3.63, 3.8) is 0 Å². The van der Waals surface area contributed by atoms with Gasteiger partial charge in [-0.3, -0.25) is 9.89 Å². The van der Waals surface area contributed by atoms with E-state index in [2.05, 4.69) is 27.4 Å². The van der Waals surface area contributed by atoms with E-state index in [9.17, 15) is 4.79 Å². The number of anilines is 1. The molecule has 0 aliphatic rings. The van der Waals surface area contributed by atoms with Crippen LogP contribution in [0.1, 0.15) is 29.5 Å². The van der Waals surface area contributed by atoms with E-state index in [0.717, 1.165) is 18.5 Å². The van der Waals surface area contributed by atoms with Gasteiger partial charge in [0.2, 0.25) is 0 Å². The second-order valence-electron chi connectivity index (χ2n) is 3.57. The Labute approximate surface area is 93.3 Å². The van der Waals surface area contributed by atoms with Gasteiger partial charge in [-0.25, -0.2) is 0 Å². The molecule has 0 aliphatic heterocycles. The van der Waals surface area contributed by atoms with E-state index >= 15 is 0 Å².